The minimum Gasteiger partial charge on any atom is -0.462 e. The van der Waals surface area contributed by atoms with Gasteiger partial charge in [0.15, 0.2) is 18.7 Å². The fourth-order valence-electron chi connectivity index (χ4n) is 9.04. The van der Waals surface area contributed by atoms with Crippen LogP contribution in [0.3, 0.4) is 0 Å². The van der Waals surface area contributed by atoms with Gasteiger partial charge in [-0.2, -0.15) is 0 Å². The number of carbonyl (C=O) groups is 2. The van der Waals surface area contributed by atoms with Gasteiger partial charge < -0.3 is 64.2 Å². The SMILES string of the molecule is CCCCCCCCCCCCCCCCCCCC(=O)OC[C@@H](CO[C@@H]1O[C@H](CO[C@@H]2O[C@H](CO)[C@H](O)C(O)C2O)[C@H](O)C(O)C1O)OC(=O)CCCCCCCCCCCCCCCCC. The van der Waals surface area contributed by atoms with E-state index in [2.05, 4.69) is 13.8 Å². The van der Waals surface area contributed by atoms with Crippen LogP contribution in [0.2, 0.25) is 0 Å². The molecule has 0 spiro atoms. The van der Waals surface area contributed by atoms with Crippen LogP contribution in [0.25, 0.3) is 0 Å². The molecule has 0 bridgehead atoms. The van der Waals surface area contributed by atoms with Crippen LogP contribution in [0.15, 0.2) is 0 Å². The second kappa shape index (κ2) is 41.0. The van der Waals surface area contributed by atoms with Crippen molar-refractivity contribution in [2.45, 2.75) is 300 Å². The van der Waals surface area contributed by atoms with E-state index < -0.39 is 92.7 Å². The van der Waals surface area contributed by atoms with E-state index >= 15 is 0 Å². The average Bonchev–Trinajstić information content (AvgIpc) is 3.33. The first kappa shape index (κ1) is 62.6. The third kappa shape index (κ3) is 28.5. The van der Waals surface area contributed by atoms with Gasteiger partial charge in [0.2, 0.25) is 0 Å². The maximum Gasteiger partial charge on any atom is 0.306 e. The van der Waals surface area contributed by atoms with Crippen LogP contribution >= 0.6 is 0 Å². The predicted octanol–water partition coefficient (Wildman–Crippen LogP) is 8.39. The molecule has 2 aliphatic rings. The zero-order chi connectivity index (χ0) is 49.6. The minimum absolute atomic E-state index is 0.173. The van der Waals surface area contributed by atoms with E-state index in [9.17, 15) is 45.3 Å². The van der Waals surface area contributed by atoms with Crippen molar-refractivity contribution in [3.05, 3.63) is 0 Å². The third-order valence-electron chi connectivity index (χ3n) is 13.6. The van der Waals surface area contributed by atoms with Crippen LogP contribution < -0.4 is 0 Å². The highest BCUT2D eigenvalue weighted by atomic mass is 16.7. The summed E-state index contributed by atoms with van der Waals surface area (Å²) in [5.74, 6) is -0.906. The molecule has 402 valence electrons. The number of unbranched alkanes of at least 4 members (excludes halogenated alkanes) is 30. The van der Waals surface area contributed by atoms with Crippen molar-refractivity contribution in [1.29, 1.82) is 0 Å². The lowest BCUT2D eigenvalue weighted by Gasteiger charge is -2.42. The van der Waals surface area contributed by atoms with Gasteiger partial charge in [-0.3, -0.25) is 9.59 Å². The summed E-state index contributed by atoms with van der Waals surface area (Å²) in [6, 6.07) is 0. The highest BCUT2D eigenvalue weighted by molar-refractivity contribution is 5.70. The number of hydrogen-bond acceptors (Lipinski definition) is 15. The third-order valence-corrected chi connectivity index (χ3v) is 13.6. The van der Waals surface area contributed by atoms with E-state index in [-0.39, 0.29) is 26.1 Å². The number of rotatable bonds is 44. The smallest absolute Gasteiger partial charge is 0.306 e. The van der Waals surface area contributed by atoms with E-state index in [1.165, 1.54) is 154 Å². The number of carbonyl (C=O) groups excluding carboxylic acids is 2. The lowest BCUT2D eigenvalue weighted by atomic mass is 9.98. The maximum absolute atomic E-state index is 13.0. The average molecular weight is 977 g/mol. The first-order chi connectivity index (χ1) is 33.0. The normalized spacial score (nSPS) is 25.7. The molecule has 0 saturated carbocycles. The van der Waals surface area contributed by atoms with E-state index in [1.54, 1.807) is 0 Å². The molecule has 15 heteroatoms. The molecule has 15 nitrogen and oxygen atoms in total. The zero-order valence-corrected chi connectivity index (χ0v) is 42.6. The van der Waals surface area contributed by atoms with Crippen molar-refractivity contribution in [1.82, 2.24) is 0 Å². The van der Waals surface area contributed by atoms with Gasteiger partial charge >= 0.3 is 11.9 Å². The van der Waals surface area contributed by atoms with E-state index in [0.29, 0.717) is 12.8 Å². The molecule has 11 atom stereocenters. The molecule has 68 heavy (non-hydrogen) atoms. The Labute approximate surface area is 410 Å². The Bertz CT molecular complexity index is 1190. The Balaban J connectivity index is 1.77. The molecular formula is C53H100O15. The summed E-state index contributed by atoms with van der Waals surface area (Å²) >= 11 is 0. The first-order valence-corrected chi connectivity index (χ1v) is 27.6. The molecule has 4 unspecified atom stereocenters. The molecule has 2 rings (SSSR count). The summed E-state index contributed by atoms with van der Waals surface area (Å²) in [6.07, 6.45) is 22.7. The van der Waals surface area contributed by atoms with Crippen LogP contribution in [0, 0.1) is 0 Å². The highest BCUT2D eigenvalue weighted by Gasteiger charge is 2.47. The highest BCUT2D eigenvalue weighted by Crippen LogP contribution is 2.27. The Morgan fingerprint density at radius 1 is 0.412 bits per heavy atom. The lowest BCUT2D eigenvalue weighted by molar-refractivity contribution is -0.332. The lowest BCUT2D eigenvalue weighted by Crippen LogP contribution is -2.61. The largest absolute Gasteiger partial charge is 0.462 e. The molecule has 2 saturated heterocycles. The van der Waals surface area contributed by atoms with Crippen LogP contribution in [0.4, 0.5) is 0 Å². The second-order valence-corrected chi connectivity index (χ2v) is 19.8. The molecule has 2 heterocycles. The molecule has 0 amide bonds. The molecule has 2 aliphatic heterocycles. The van der Waals surface area contributed by atoms with Gasteiger partial charge in [0.05, 0.1) is 19.8 Å². The fraction of sp³-hybridized carbons (Fsp3) is 0.962. The van der Waals surface area contributed by atoms with Crippen molar-refractivity contribution in [3.8, 4) is 0 Å². The molecule has 0 aliphatic carbocycles. The molecule has 0 aromatic carbocycles. The summed E-state index contributed by atoms with van der Waals surface area (Å²) in [5, 5.41) is 72.1. The van der Waals surface area contributed by atoms with Crippen molar-refractivity contribution in [2.75, 3.05) is 26.4 Å². The van der Waals surface area contributed by atoms with Crippen molar-refractivity contribution < 1.29 is 73.8 Å². The Morgan fingerprint density at radius 3 is 1.15 bits per heavy atom. The van der Waals surface area contributed by atoms with Crippen molar-refractivity contribution in [3.63, 3.8) is 0 Å². The standard InChI is InChI=1S/C53H100O15/c1-3-5-7-9-11-13-15-17-19-20-22-23-25-27-29-31-33-35-44(55)63-38-41(66-45(56)36-34-32-30-28-26-24-21-18-16-14-12-10-8-6-4-2)39-64-52-51(62)49(60)47(58)43(68-52)40-65-53-50(61)48(59)46(57)42(37-54)67-53/h41-43,46-54,57-62H,3-40H2,1-2H3/t41-,42+,43+,46-,47-,48?,49?,50?,51?,52+,53+/m0/s1. The second-order valence-electron chi connectivity index (χ2n) is 19.8. The minimum atomic E-state index is -1.76. The van der Waals surface area contributed by atoms with Gasteiger partial charge in [-0.25, -0.2) is 0 Å². The fourth-order valence-corrected chi connectivity index (χ4v) is 9.04. The first-order valence-electron chi connectivity index (χ1n) is 27.6. The number of aliphatic hydroxyl groups excluding tert-OH is 7. The van der Waals surface area contributed by atoms with Gasteiger partial charge in [-0.15, -0.1) is 0 Å². The predicted molar refractivity (Wildman–Crippen MR) is 262 cm³/mol. The number of hydrogen-bond donors (Lipinski definition) is 7. The van der Waals surface area contributed by atoms with Gasteiger partial charge in [0.25, 0.3) is 0 Å². The molecule has 0 aromatic rings. The van der Waals surface area contributed by atoms with Crippen LogP contribution in [-0.4, -0.2) is 142 Å². The number of aliphatic hydroxyl groups is 7. The van der Waals surface area contributed by atoms with E-state index in [0.717, 1.165) is 38.5 Å². The maximum atomic E-state index is 13.0. The molecule has 0 radical (unpaired) electrons. The van der Waals surface area contributed by atoms with Crippen molar-refractivity contribution >= 4 is 11.9 Å². The Kier molecular flexibility index (Phi) is 37.8. The quantitative estimate of drug-likeness (QED) is 0.0225. The molecule has 2 fully saturated rings. The van der Waals surface area contributed by atoms with Gasteiger partial charge in [-0.1, -0.05) is 206 Å². The summed E-state index contributed by atoms with van der Waals surface area (Å²) in [7, 11) is 0. The van der Waals surface area contributed by atoms with Crippen LogP contribution in [0.1, 0.15) is 232 Å². The van der Waals surface area contributed by atoms with E-state index in [1.807, 2.05) is 0 Å². The summed E-state index contributed by atoms with van der Waals surface area (Å²) in [5.41, 5.74) is 0. The number of ether oxygens (including phenoxy) is 6. The Morgan fingerprint density at radius 2 is 0.750 bits per heavy atom. The van der Waals surface area contributed by atoms with Crippen LogP contribution in [-0.2, 0) is 38.0 Å². The summed E-state index contributed by atoms with van der Waals surface area (Å²) < 4.78 is 33.7. The zero-order valence-electron chi connectivity index (χ0n) is 42.6. The topological polar surface area (TPSA) is 231 Å². The molecule has 7 N–H and O–H groups in total. The Hall–Kier alpha value is -1.50. The summed E-state index contributed by atoms with van der Waals surface area (Å²) in [4.78, 5) is 25.8. The molecular weight excluding hydrogens is 877 g/mol. The van der Waals surface area contributed by atoms with Crippen LogP contribution in [0.5, 0.6) is 0 Å². The summed E-state index contributed by atoms with van der Waals surface area (Å²) in [6.45, 7) is 2.64. The van der Waals surface area contributed by atoms with Crippen molar-refractivity contribution in [2.24, 2.45) is 0 Å². The van der Waals surface area contributed by atoms with Gasteiger partial charge in [-0.05, 0) is 12.8 Å². The van der Waals surface area contributed by atoms with Gasteiger partial charge in [0, 0.05) is 12.8 Å². The monoisotopic (exact) mass is 977 g/mol. The van der Waals surface area contributed by atoms with E-state index in [4.69, 9.17) is 28.4 Å². The van der Waals surface area contributed by atoms with Gasteiger partial charge in [0.1, 0.15) is 55.4 Å². The number of esters is 2. The molecule has 0 aromatic heterocycles.